The minimum Gasteiger partial charge on any atom is -0.374 e. The summed E-state index contributed by atoms with van der Waals surface area (Å²) in [5, 5.41) is 11.3. The van der Waals surface area contributed by atoms with Gasteiger partial charge >= 0.3 is 0 Å². The summed E-state index contributed by atoms with van der Waals surface area (Å²) in [5.41, 5.74) is 0. The molecule has 1 heterocycles. The zero-order chi connectivity index (χ0) is 10.4. The standard InChI is InChI=1S/C9H18N4O/c1-4-10-9-12-11-8(7-14-6-3)13(9)5-2/h4-7H2,1-3H3,(H,10,12). The Morgan fingerprint density at radius 3 is 2.64 bits per heavy atom. The summed E-state index contributed by atoms with van der Waals surface area (Å²) in [6.45, 7) is 9.02. The number of ether oxygens (including phenoxy) is 1. The number of nitrogens with one attached hydrogen (secondary N) is 1. The van der Waals surface area contributed by atoms with Crippen molar-refractivity contribution in [2.75, 3.05) is 18.5 Å². The summed E-state index contributed by atoms with van der Waals surface area (Å²) in [6.07, 6.45) is 0. The Bertz CT molecular complexity index is 272. The average molecular weight is 198 g/mol. The van der Waals surface area contributed by atoms with Gasteiger partial charge in [-0.15, -0.1) is 10.2 Å². The third-order valence-corrected chi connectivity index (χ3v) is 1.91. The molecule has 80 valence electrons. The van der Waals surface area contributed by atoms with Crippen molar-refractivity contribution in [3.63, 3.8) is 0 Å². The van der Waals surface area contributed by atoms with Crippen LogP contribution in [0.5, 0.6) is 0 Å². The first-order valence-corrected chi connectivity index (χ1v) is 5.07. The maximum atomic E-state index is 5.30. The van der Waals surface area contributed by atoms with Crippen molar-refractivity contribution in [3.05, 3.63) is 5.82 Å². The first kappa shape index (κ1) is 11.0. The molecule has 0 unspecified atom stereocenters. The number of nitrogens with zero attached hydrogens (tertiary/aromatic N) is 3. The highest BCUT2D eigenvalue weighted by Gasteiger charge is 2.08. The number of hydrogen-bond donors (Lipinski definition) is 1. The Kier molecular flexibility index (Phi) is 4.39. The number of rotatable bonds is 6. The SMILES string of the molecule is CCNc1nnc(COCC)n1CC. The molecule has 0 atom stereocenters. The van der Waals surface area contributed by atoms with Crippen molar-refractivity contribution < 1.29 is 4.74 Å². The molecule has 0 amide bonds. The van der Waals surface area contributed by atoms with Crippen molar-refractivity contribution in [3.8, 4) is 0 Å². The Morgan fingerprint density at radius 2 is 2.07 bits per heavy atom. The van der Waals surface area contributed by atoms with Gasteiger partial charge in [-0.1, -0.05) is 0 Å². The molecule has 0 radical (unpaired) electrons. The summed E-state index contributed by atoms with van der Waals surface area (Å²) >= 11 is 0. The molecule has 0 aliphatic carbocycles. The van der Waals surface area contributed by atoms with Crippen LogP contribution in [-0.4, -0.2) is 27.9 Å². The molecule has 1 N–H and O–H groups in total. The van der Waals surface area contributed by atoms with Gasteiger partial charge in [0.2, 0.25) is 5.95 Å². The topological polar surface area (TPSA) is 52.0 Å². The van der Waals surface area contributed by atoms with E-state index < -0.39 is 0 Å². The van der Waals surface area contributed by atoms with E-state index >= 15 is 0 Å². The lowest BCUT2D eigenvalue weighted by atomic mass is 10.5. The molecule has 1 aromatic rings. The van der Waals surface area contributed by atoms with Crippen LogP contribution in [0.25, 0.3) is 0 Å². The normalized spacial score (nSPS) is 10.5. The Balaban J connectivity index is 2.73. The summed E-state index contributed by atoms with van der Waals surface area (Å²) in [6, 6.07) is 0. The summed E-state index contributed by atoms with van der Waals surface area (Å²) < 4.78 is 7.33. The average Bonchev–Trinajstić information content (AvgIpc) is 2.58. The van der Waals surface area contributed by atoms with E-state index in [1.807, 2.05) is 18.4 Å². The Labute approximate surface area is 84.5 Å². The van der Waals surface area contributed by atoms with Crippen LogP contribution in [-0.2, 0) is 17.9 Å². The molecule has 0 bridgehead atoms. The second kappa shape index (κ2) is 5.59. The van der Waals surface area contributed by atoms with Crippen LogP contribution in [0.2, 0.25) is 0 Å². The zero-order valence-corrected chi connectivity index (χ0v) is 9.08. The number of anilines is 1. The second-order valence-corrected chi connectivity index (χ2v) is 2.85. The van der Waals surface area contributed by atoms with E-state index in [-0.39, 0.29) is 0 Å². The minimum absolute atomic E-state index is 0.530. The molecular formula is C9H18N4O. The number of hydrogen-bond acceptors (Lipinski definition) is 4. The van der Waals surface area contributed by atoms with Gasteiger partial charge in [-0.25, -0.2) is 0 Å². The van der Waals surface area contributed by atoms with Crippen LogP contribution in [0.15, 0.2) is 0 Å². The molecule has 0 spiro atoms. The fourth-order valence-electron chi connectivity index (χ4n) is 1.26. The maximum absolute atomic E-state index is 5.30. The lowest BCUT2D eigenvalue weighted by Gasteiger charge is -2.07. The maximum Gasteiger partial charge on any atom is 0.224 e. The van der Waals surface area contributed by atoms with Gasteiger partial charge in [0, 0.05) is 19.7 Å². The first-order chi connectivity index (χ1) is 6.83. The van der Waals surface area contributed by atoms with Gasteiger partial charge < -0.3 is 10.1 Å². The summed E-state index contributed by atoms with van der Waals surface area (Å²) in [5.74, 6) is 1.70. The van der Waals surface area contributed by atoms with Gasteiger partial charge in [0.25, 0.3) is 0 Å². The van der Waals surface area contributed by atoms with E-state index in [4.69, 9.17) is 4.74 Å². The lowest BCUT2D eigenvalue weighted by Crippen LogP contribution is -2.09. The number of aromatic nitrogens is 3. The van der Waals surface area contributed by atoms with Crippen molar-refractivity contribution >= 4 is 5.95 Å². The molecule has 1 rings (SSSR count). The molecule has 1 aromatic heterocycles. The predicted octanol–water partition coefficient (Wildman–Crippen LogP) is 1.27. The van der Waals surface area contributed by atoms with Crippen molar-refractivity contribution in [1.82, 2.24) is 14.8 Å². The molecule has 0 aliphatic rings. The fraction of sp³-hybridized carbons (Fsp3) is 0.778. The first-order valence-electron chi connectivity index (χ1n) is 5.07. The highest BCUT2D eigenvalue weighted by atomic mass is 16.5. The smallest absolute Gasteiger partial charge is 0.224 e. The quantitative estimate of drug-likeness (QED) is 0.747. The van der Waals surface area contributed by atoms with Crippen molar-refractivity contribution in [2.24, 2.45) is 0 Å². The van der Waals surface area contributed by atoms with E-state index in [1.165, 1.54) is 0 Å². The van der Waals surface area contributed by atoms with E-state index in [0.29, 0.717) is 13.2 Å². The van der Waals surface area contributed by atoms with E-state index in [1.54, 1.807) is 0 Å². The second-order valence-electron chi connectivity index (χ2n) is 2.85. The molecule has 0 aliphatic heterocycles. The predicted molar refractivity (Wildman–Crippen MR) is 55.2 cm³/mol. The third-order valence-electron chi connectivity index (χ3n) is 1.91. The lowest BCUT2D eigenvalue weighted by molar-refractivity contribution is 0.125. The van der Waals surface area contributed by atoms with Crippen LogP contribution in [0.3, 0.4) is 0 Å². The summed E-state index contributed by atoms with van der Waals surface area (Å²) in [4.78, 5) is 0. The molecule has 5 nitrogen and oxygen atoms in total. The van der Waals surface area contributed by atoms with Crippen LogP contribution < -0.4 is 5.32 Å². The van der Waals surface area contributed by atoms with Gasteiger partial charge in [0.05, 0.1) is 0 Å². The highest BCUT2D eigenvalue weighted by molar-refractivity contribution is 5.25. The zero-order valence-electron chi connectivity index (χ0n) is 9.08. The molecular weight excluding hydrogens is 180 g/mol. The monoisotopic (exact) mass is 198 g/mol. The largest absolute Gasteiger partial charge is 0.374 e. The van der Waals surface area contributed by atoms with Crippen molar-refractivity contribution in [2.45, 2.75) is 33.9 Å². The molecule has 5 heteroatoms. The Morgan fingerprint density at radius 1 is 1.29 bits per heavy atom. The third kappa shape index (κ3) is 2.45. The molecule has 14 heavy (non-hydrogen) atoms. The van der Waals surface area contributed by atoms with Gasteiger partial charge in [-0.3, -0.25) is 4.57 Å². The fourth-order valence-corrected chi connectivity index (χ4v) is 1.26. The van der Waals surface area contributed by atoms with Crippen LogP contribution in [0, 0.1) is 0 Å². The minimum atomic E-state index is 0.530. The van der Waals surface area contributed by atoms with Crippen molar-refractivity contribution in [1.29, 1.82) is 0 Å². The molecule has 0 aromatic carbocycles. The molecule has 0 fully saturated rings. The van der Waals surface area contributed by atoms with E-state index in [2.05, 4.69) is 22.4 Å². The van der Waals surface area contributed by atoms with Gasteiger partial charge in [0.15, 0.2) is 5.82 Å². The van der Waals surface area contributed by atoms with E-state index in [9.17, 15) is 0 Å². The van der Waals surface area contributed by atoms with Crippen LogP contribution in [0.4, 0.5) is 5.95 Å². The highest BCUT2D eigenvalue weighted by Crippen LogP contribution is 2.08. The Hall–Kier alpha value is -1.10. The van der Waals surface area contributed by atoms with Crippen LogP contribution in [0.1, 0.15) is 26.6 Å². The molecule has 0 saturated heterocycles. The molecule has 0 saturated carbocycles. The van der Waals surface area contributed by atoms with E-state index in [0.717, 1.165) is 24.9 Å². The van der Waals surface area contributed by atoms with Crippen LogP contribution >= 0.6 is 0 Å². The summed E-state index contributed by atoms with van der Waals surface area (Å²) in [7, 11) is 0. The van der Waals surface area contributed by atoms with Gasteiger partial charge in [-0.2, -0.15) is 0 Å². The van der Waals surface area contributed by atoms with Gasteiger partial charge in [-0.05, 0) is 20.8 Å². The van der Waals surface area contributed by atoms with Gasteiger partial charge in [0.1, 0.15) is 6.61 Å².